The molecule has 150 valence electrons. The summed E-state index contributed by atoms with van der Waals surface area (Å²) in [5.41, 5.74) is 3.07. The van der Waals surface area contributed by atoms with Gasteiger partial charge in [-0.1, -0.05) is 12.1 Å². The maximum atomic E-state index is 13.0. The molecule has 3 aromatic rings. The van der Waals surface area contributed by atoms with Gasteiger partial charge in [0, 0.05) is 51.4 Å². The highest BCUT2D eigenvalue weighted by molar-refractivity contribution is 7.89. The number of rotatable bonds is 4. The van der Waals surface area contributed by atoms with Crippen molar-refractivity contribution in [2.45, 2.75) is 18.4 Å². The molecule has 3 heterocycles. The Labute approximate surface area is 170 Å². The van der Waals surface area contributed by atoms with Gasteiger partial charge >= 0.3 is 0 Å². The third kappa shape index (κ3) is 3.62. The molecule has 0 saturated carbocycles. The van der Waals surface area contributed by atoms with Gasteiger partial charge in [-0.3, -0.25) is 9.58 Å². The number of hydrogen-bond donors (Lipinski definition) is 0. The van der Waals surface area contributed by atoms with Crippen molar-refractivity contribution in [2.75, 3.05) is 26.2 Å². The third-order valence-electron chi connectivity index (χ3n) is 5.28. The Morgan fingerprint density at radius 1 is 1.17 bits per heavy atom. The number of nitrogens with zero attached hydrogens (tertiary/aromatic N) is 6. The number of hydrogen-bond acceptors (Lipinski definition) is 6. The first-order chi connectivity index (χ1) is 13.9. The van der Waals surface area contributed by atoms with E-state index in [1.807, 2.05) is 26.2 Å². The number of benzene rings is 1. The van der Waals surface area contributed by atoms with E-state index in [9.17, 15) is 13.7 Å². The van der Waals surface area contributed by atoms with Gasteiger partial charge in [0.15, 0.2) is 5.65 Å². The van der Waals surface area contributed by atoms with Crippen LogP contribution < -0.4 is 0 Å². The third-order valence-corrected chi connectivity index (χ3v) is 7.24. The average molecular weight is 411 g/mol. The van der Waals surface area contributed by atoms with E-state index >= 15 is 0 Å². The molecule has 0 unspecified atom stereocenters. The van der Waals surface area contributed by atoms with Crippen LogP contribution in [0, 0.1) is 18.3 Å². The highest BCUT2D eigenvalue weighted by Crippen LogP contribution is 2.22. The summed E-state index contributed by atoms with van der Waals surface area (Å²) in [5.74, 6) is 0. The zero-order valence-electron chi connectivity index (χ0n) is 16.4. The summed E-state index contributed by atoms with van der Waals surface area (Å²) in [6, 6.07) is 10.4. The maximum Gasteiger partial charge on any atom is 0.244 e. The van der Waals surface area contributed by atoms with Crippen molar-refractivity contribution >= 4 is 21.1 Å². The Balaban J connectivity index is 1.46. The molecule has 0 radical (unpaired) electrons. The lowest BCUT2D eigenvalue weighted by atomic mass is 10.2. The van der Waals surface area contributed by atoms with Crippen LogP contribution in [0.4, 0.5) is 0 Å². The Morgan fingerprint density at radius 2 is 1.90 bits per heavy atom. The van der Waals surface area contributed by atoms with Crippen LogP contribution in [0.5, 0.6) is 0 Å². The predicted molar refractivity (Wildman–Crippen MR) is 108 cm³/mol. The fourth-order valence-electron chi connectivity index (χ4n) is 3.75. The molecule has 8 nitrogen and oxygen atoms in total. The van der Waals surface area contributed by atoms with E-state index in [1.54, 1.807) is 16.8 Å². The topological polar surface area (TPSA) is 95.1 Å². The van der Waals surface area contributed by atoms with Gasteiger partial charge in [0.25, 0.3) is 0 Å². The fraction of sp³-hybridized carbons (Fsp3) is 0.350. The average Bonchev–Trinajstić information content (AvgIpc) is 3.01. The summed E-state index contributed by atoms with van der Waals surface area (Å²) in [4.78, 5) is 6.82. The minimum absolute atomic E-state index is 0.0812. The molecule has 0 aliphatic carbocycles. The Kier molecular flexibility index (Phi) is 5.08. The lowest BCUT2D eigenvalue weighted by Crippen LogP contribution is -2.48. The first kappa shape index (κ1) is 19.5. The molecule has 1 fully saturated rings. The first-order valence-electron chi connectivity index (χ1n) is 9.40. The van der Waals surface area contributed by atoms with Crippen molar-refractivity contribution in [1.29, 1.82) is 5.26 Å². The molecular formula is C20H22N6O2S. The van der Waals surface area contributed by atoms with E-state index in [1.165, 1.54) is 16.4 Å². The monoisotopic (exact) mass is 410 g/mol. The quantitative estimate of drug-likeness (QED) is 0.649. The number of piperazine rings is 1. The zero-order chi connectivity index (χ0) is 20.6. The molecule has 0 atom stereocenters. The molecule has 0 N–H and O–H groups in total. The lowest BCUT2D eigenvalue weighted by Gasteiger charge is -2.34. The molecule has 1 aliphatic heterocycles. The molecule has 1 aliphatic rings. The van der Waals surface area contributed by atoms with E-state index in [0.717, 1.165) is 22.3 Å². The minimum atomic E-state index is -3.67. The van der Waals surface area contributed by atoms with Gasteiger partial charge < -0.3 is 0 Å². The van der Waals surface area contributed by atoms with Gasteiger partial charge in [-0.05, 0) is 30.7 Å². The number of aryl methyl sites for hydroxylation is 2. The second-order valence-electron chi connectivity index (χ2n) is 7.21. The van der Waals surface area contributed by atoms with E-state index in [2.05, 4.69) is 21.0 Å². The van der Waals surface area contributed by atoms with Gasteiger partial charge in [0.2, 0.25) is 10.0 Å². The van der Waals surface area contributed by atoms with E-state index in [4.69, 9.17) is 0 Å². The van der Waals surface area contributed by atoms with Crippen molar-refractivity contribution < 1.29 is 8.42 Å². The van der Waals surface area contributed by atoms with Crippen LogP contribution in [0.3, 0.4) is 0 Å². The van der Waals surface area contributed by atoms with E-state index < -0.39 is 10.0 Å². The Bertz CT molecular complexity index is 1200. The SMILES string of the molecule is Cc1nn(C)c2ncc(CN3CCN(S(=O)(=O)c4ccccc4C#N)CC3)cc12. The van der Waals surface area contributed by atoms with Gasteiger partial charge in [0.05, 0.1) is 16.2 Å². The predicted octanol–water partition coefficient (Wildman–Crippen LogP) is 1.65. The number of fused-ring (bicyclic) bond motifs is 1. The summed E-state index contributed by atoms with van der Waals surface area (Å²) < 4.78 is 29.2. The Morgan fingerprint density at radius 3 is 2.62 bits per heavy atom. The van der Waals surface area contributed by atoms with Crippen molar-refractivity contribution in [2.24, 2.45) is 7.05 Å². The van der Waals surface area contributed by atoms with Crippen LogP contribution in [0.15, 0.2) is 41.4 Å². The largest absolute Gasteiger partial charge is 0.296 e. The molecule has 4 rings (SSSR count). The molecule has 1 aromatic carbocycles. The first-order valence-corrected chi connectivity index (χ1v) is 10.8. The molecule has 1 saturated heterocycles. The number of pyridine rings is 1. The fourth-order valence-corrected chi connectivity index (χ4v) is 5.31. The summed E-state index contributed by atoms with van der Waals surface area (Å²) in [6.07, 6.45) is 1.86. The van der Waals surface area contributed by atoms with Crippen molar-refractivity contribution in [1.82, 2.24) is 24.0 Å². The molecule has 9 heteroatoms. The minimum Gasteiger partial charge on any atom is -0.296 e. The van der Waals surface area contributed by atoms with E-state index in [0.29, 0.717) is 32.7 Å². The molecule has 0 bridgehead atoms. The van der Waals surface area contributed by atoms with Crippen molar-refractivity contribution in [3.63, 3.8) is 0 Å². The van der Waals surface area contributed by atoms with Crippen LogP contribution in [0.2, 0.25) is 0 Å². The second kappa shape index (κ2) is 7.55. The maximum absolute atomic E-state index is 13.0. The standard InChI is InChI=1S/C20H22N6O2S/c1-15-18-11-16(13-22-20(18)24(2)23-15)14-25-7-9-26(10-8-25)29(27,28)19-6-4-3-5-17(19)12-21/h3-6,11,13H,7-10,14H2,1-2H3. The molecule has 0 spiro atoms. The van der Waals surface area contributed by atoms with Crippen molar-refractivity contribution in [3.8, 4) is 6.07 Å². The lowest BCUT2D eigenvalue weighted by molar-refractivity contribution is 0.181. The highest BCUT2D eigenvalue weighted by Gasteiger charge is 2.30. The molecule has 2 aromatic heterocycles. The molecule has 29 heavy (non-hydrogen) atoms. The van der Waals surface area contributed by atoms with Gasteiger partial charge in [0.1, 0.15) is 6.07 Å². The van der Waals surface area contributed by atoms with Gasteiger partial charge in [-0.15, -0.1) is 0 Å². The van der Waals surface area contributed by atoms with Crippen molar-refractivity contribution in [3.05, 3.63) is 53.3 Å². The summed E-state index contributed by atoms with van der Waals surface area (Å²) in [5, 5.41) is 14.7. The van der Waals surface area contributed by atoms with Gasteiger partial charge in [-0.2, -0.15) is 14.7 Å². The number of sulfonamides is 1. The van der Waals surface area contributed by atoms with Gasteiger partial charge in [-0.25, -0.2) is 13.4 Å². The second-order valence-corrected chi connectivity index (χ2v) is 9.12. The summed E-state index contributed by atoms with van der Waals surface area (Å²) in [7, 11) is -1.79. The Hall–Kier alpha value is -2.80. The smallest absolute Gasteiger partial charge is 0.244 e. The summed E-state index contributed by atoms with van der Waals surface area (Å²) in [6.45, 7) is 4.71. The molecular weight excluding hydrogens is 388 g/mol. The highest BCUT2D eigenvalue weighted by atomic mass is 32.2. The van der Waals surface area contributed by atoms with Crippen LogP contribution >= 0.6 is 0 Å². The van der Waals surface area contributed by atoms with E-state index in [-0.39, 0.29) is 10.5 Å². The van der Waals surface area contributed by atoms with Crippen LogP contribution in [-0.2, 0) is 23.6 Å². The zero-order valence-corrected chi connectivity index (χ0v) is 17.2. The van der Waals surface area contributed by atoms with Crippen LogP contribution in [0.25, 0.3) is 11.0 Å². The molecule has 0 amide bonds. The summed E-state index contributed by atoms with van der Waals surface area (Å²) >= 11 is 0. The number of nitriles is 1. The number of aromatic nitrogens is 3. The normalized spacial score (nSPS) is 16.2. The van der Waals surface area contributed by atoms with Crippen LogP contribution in [0.1, 0.15) is 16.8 Å². The van der Waals surface area contributed by atoms with Crippen LogP contribution in [-0.4, -0.2) is 58.6 Å².